The summed E-state index contributed by atoms with van der Waals surface area (Å²) in [7, 11) is 0. The Morgan fingerprint density at radius 3 is 2.39 bits per heavy atom. The molecule has 31 heavy (non-hydrogen) atoms. The normalized spacial score (nSPS) is 10.8. The highest BCUT2D eigenvalue weighted by atomic mass is 32.2. The molecule has 6 heteroatoms. The van der Waals surface area contributed by atoms with Gasteiger partial charge in [0.15, 0.2) is 11.0 Å². The third-order valence-corrected chi connectivity index (χ3v) is 6.10. The van der Waals surface area contributed by atoms with E-state index in [-0.39, 0.29) is 11.7 Å². The summed E-state index contributed by atoms with van der Waals surface area (Å²) in [5.74, 6) is 0.925. The average molecular weight is 429 g/mol. The Kier molecular flexibility index (Phi) is 6.18. The van der Waals surface area contributed by atoms with Crippen LogP contribution in [0, 0.1) is 20.8 Å². The zero-order valence-corrected chi connectivity index (χ0v) is 18.6. The van der Waals surface area contributed by atoms with Crippen molar-refractivity contribution in [2.45, 2.75) is 25.9 Å². The molecule has 0 aliphatic rings. The molecule has 3 aromatic carbocycles. The minimum Gasteiger partial charge on any atom is -0.325 e. The summed E-state index contributed by atoms with van der Waals surface area (Å²) in [6, 6.07) is 24.1. The standard InChI is InChI=1S/C25H24N4OS/c1-17-12-14-20(15-13-17)24-27-28-25(29(24)21-9-5-4-6-10-21)31-16-23(30)26-22-11-7-8-18(2)19(22)3/h4-15H,16H2,1-3H3,(H,26,30). The molecule has 0 saturated carbocycles. The van der Waals surface area contributed by atoms with E-state index in [0.29, 0.717) is 5.16 Å². The van der Waals surface area contributed by atoms with E-state index in [1.54, 1.807) is 0 Å². The van der Waals surface area contributed by atoms with Crippen molar-refractivity contribution in [3.8, 4) is 17.1 Å². The zero-order chi connectivity index (χ0) is 21.8. The van der Waals surface area contributed by atoms with Crippen LogP contribution in [-0.4, -0.2) is 26.4 Å². The van der Waals surface area contributed by atoms with Crippen LogP contribution in [0.1, 0.15) is 16.7 Å². The maximum absolute atomic E-state index is 12.6. The number of thioether (sulfide) groups is 1. The number of hydrogen-bond acceptors (Lipinski definition) is 4. The summed E-state index contributed by atoms with van der Waals surface area (Å²) in [4.78, 5) is 12.6. The molecule has 1 aromatic heterocycles. The van der Waals surface area contributed by atoms with Gasteiger partial charge in [0, 0.05) is 16.9 Å². The van der Waals surface area contributed by atoms with E-state index >= 15 is 0 Å². The molecule has 0 aliphatic carbocycles. The third kappa shape index (κ3) is 4.70. The third-order valence-electron chi connectivity index (χ3n) is 5.17. The molecule has 0 aliphatic heterocycles. The van der Waals surface area contributed by atoms with Crippen molar-refractivity contribution < 1.29 is 4.79 Å². The summed E-state index contributed by atoms with van der Waals surface area (Å²) >= 11 is 1.38. The Labute approximate surface area is 186 Å². The predicted octanol–water partition coefficient (Wildman–Crippen LogP) is 5.59. The summed E-state index contributed by atoms with van der Waals surface area (Å²) in [5, 5.41) is 12.5. The number of nitrogens with zero attached hydrogens (tertiary/aromatic N) is 3. The van der Waals surface area contributed by atoms with Crippen molar-refractivity contribution in [2.75, 3.05) is 11.1 Å². The van der Waals surface area contributed by atoms with E-state index in [1.165, 1.54) is 17.3 Å². The van der Waals surface area contributed by atoms with Crippen LogP contribution in [0.15, 0.2) is 78.0 Å². The van der Waals surface area contributed by atoms with Gasteiger partial charge in [-0.25, -0.2) is 0 Å². The van der Waals surface area contributed by atoms with Crippen LogP contribution in [0.5, 0.6) is 0 Å². The number of nitrogens with one attached hydrogen (secondary N) is 1. The maximum atomic E-state index is 12.6. The molecule has 0 unspecified atom stereocenters. The van der Waals surface area contributed by atoms with E-state index in [2.05, 4.69) is 34.6 Å². The first-order valence-electron chi connectivity index (χ1n) is 10.1. The van der Waals surface area contributed by atoms with Gasteiger partial charge in [-0.2, -0.15) is 0 Å². The Hall–Kier alpha value is -3.38. The summed E-state index contributed by atoms with van der Waals surface area (Å²) < 4.78 is 2.00. The van der Waals surface area contributed by atoms with E-state index < -0.39 is 0 Å². The lowest BCUT2D eigenvalue weighted by Crippen LogP contribution is -2.15. The number of benzene rings is 3. The topological polar surface area (TPSA) is 59.8 Å². The lowest BCUT2D eigenvalue weighted by atomic mass is 10.1. The fraction of sp³-hybridized carbons (Fsp3) is 0.160. The van der Waals surface area contributed by atoms with Gasteiger partial charge in [0.25, 0.3) is 0 Å². The Bertz CT molecular complexity index is 1200. The van der Waals surface area contributed by atoms with Crippen molar-refractivity contribution in [1.29, 1.82) is 0 Å². The predicted molar refractivity (Wildman–Crippen MR) is 127 cm³/mol. The van der Waals surface area contributed by atoms with Crippen LogP contribution < -0.4 is 5.32 Å². The van der Waals surface area contributed by atoms with Gasteiger partial charge in [0.05, 0.1) is 5.75 Å². The Balaban J connectivity index is 1.59. The van der Waals surface area contributed by atoms with Crippen LogP contribution >= 0.6 is 11.8 Å². The van der Waals surface area contributed by atoms with Crippen LogP contribution in [0.2, 0.25) is 0 Å². The van der Waals surface area contributed by atoms with Crippen LogP contribution in [-0.2, 0) is 4.79 Å². The van der Waals surface area contributed by atoms with E-state index in [9.17, 15) is 4.79 Å². The van der Waals surface area contributed by atoms with Crippen LogP contribution in [0.4, 0.5) is 5.69 Å². The quantitative estimate of drug-likeness (QED) is 0.407. The number of hydrogen-bond donors (Lipinski definition) is 1. The lowest BCUT2D eigenvalue weighted by Gasteiger charge is -2.12. The number of anilines is 1. The SMILES string of the molecule is Cc1ccc(-c2nnc(SCC(=O)Nc3cccc(C)c3C)n2-c2ccccc2)cc1. The van der Waals surface area contributed by atoms with Crippen molar-refractivity contribution in [3.05, 3.63) is 89.5 Å². The van der Waals surface area contributed by atoms with E-state index in [1.807, 2.05) is 79.1 Å². The number of para-hydroxylation sites is 1. The summed E-state index contributed by atoms with van der Waals surface area (Å²) in [6.07, 6.45) is 0. The van der Waals surface area contributed by atoms with Crippen LogP contribution in [0.25, 0.3) is 17.1 Å². The highest BCUT2D eigenvalue weighted by Crippen LogP contribution is 2.28. The molecule has 0 spiro atoms. The zero-order valence-electron chi connectivity index (χ0n) is 17.8. The number of amides is 1. The van der Waals surface area contributed by atoms with E-state index in [0.717, 1.165) is 33.9 Å². The van der Waals surface area contributed by atoms with Gasteiger partial charge in [-0.05, 0) is 50.1 Å². The lowest BCUT2D eigenvalue weighted by molar-refractivity contribution is -0.113. The molecule has 0 radical (unpaired) electrons. The van der Waals surface area contributed by atoms with Gasteiger partial charge in [-0.1, -0.05) is 71.9 Å². The van der Waals surface area contributed by atoms with Crippen molar-refractivity contribution >= 4 is 23.4 Å². The second kappa shape index (κ2) is 9.18. The number of aryl methyl sites for hydroxylation is 2. The van der Waals surface area contributed by atoms with Crippen molar-refractivity contribution in [1.82, 2.24) is 14.8 Å². The smallest absolute Gasteiger partial charge is 0.234 e. The molecule has 1 amide bonds. The first kappa shape index (κ1) is 20.9. The molecule has 0 bridgehead atoms. The fourth-order valence-electron chi connectivity index (χ4n) is 3.27. The molecule has 1 N–H and O–H groups in total. The Morgan fingerprint density at radius 1 is 0.903 bits per heavy atom. The monoisotopic (exact) mass is 428 g/mol. The minimum atomic E-state index is -0.0711. The van der Waals surface area contributed by atoms with Gasteiger partial charge in [-0.15, -0.1) is 10.2 Å². The molecule has 0 atom stereocenters. The first-order chi connectivity index (χ1) is 15.0. The first-order valence-corrected chi connectivity index (χ1v) is 11.1. The maximum Gasteiger partial charge on any atom is 0.234 e. The van der Waals surface area contributed by atoms with E-state index in [4.69, 9.17) is 0 Å². The fourth-order valence-corrected chi connectivity index (χ4v) is 4.02. The second-order valence-electron chi connectivity index (χ2n) is 7.43. The summed E-state index contributed by atoms with van der Waals surface area (Å²) in [6.45, 7) is 6.11. The highest BCUT2D eigenvalue weighted by molar-refractivity contribution is 7.99. The molecule has 156 valence electrons. The van der Waals surface area contributed by atoms with Gasteiger partial charge >= 0.3 is 0 Å². The molecule has 4 aromatic rings. The molecular formula is C25H24N4OS. The number of rotatable bonds is 6. The average Bonchev–Trinajstić information content (AvgIpc) is 3.20. The van der Waals surface area contributed by atoms with Crippen LogP contribution in [0.3, 0.4) is 0 Å². The largest absolute Gasteiger partial charge is 0.325 e. The van der Waals surface area contributed by atoms with Gasteiger partial charge in [0.1, 0.15) is 0 Å². The van der Waals surface area contributed by atoms with Crippen molar-refractivity contribution in [3.63, 3.8) is 0 Å². The number of aromatic nitrogens is 3. The van der Waals surface area contributed by atoms with Gasteiger partial charge < -0.3 is 5.32 Å². The van der Waals surface area contributed by atoms with Gasteiger partial charge in [-0.3, -0.25) is 9.36 Å². The second-order valence-corrected chi connectivity index (χ2v) is 8.37. The molecular weight excluding hydrogens is 404 g/mol. The van der Waals surface area contributed by atoms with Gasteiger partial charge in [0.2, 0.25) is 5.91 Å². The number of carbonyl (C=O) groups excluding carboxylic acids is 1. The molecule has 0 saturated heterocycles. The summed E-state index contributed by atoms with van der Waals surface area (Å²) in [5.41, 5.74) is 6.20. The minimum absolute atomic E-state index is 0.0711. The molecule has 4 rings (SSSR count). The Morgan fingerprint density at radius 2 is 1.65 bits per heavy atom. The van der Waals surface area contributed by atoms with Crippen molar-refractivity contribution in [2.24, 2.45) is 0 Å². The molecule has 5 nitrogen and oxygen atoms in total. The molecule has 0 fully saturated rings. The number of carbonyl (C=O) groups is 1. The highest BCUT2D eigenvalue weighted by Gasteiger charge is 2.17. The molecule has 1 heterocycles.